The summed E-state index contributed by atoms with van der Waals surface area (Å²) in [5.74, 6) is 0.157. The first-order chi connectivity index (χ1) is 8.65. The number of halogens is 1. The summed E-state index contributed by atoms with van der Waals surface area (Å²) in [6.45, 7) is 5.69. The molecule has 1 aromatic rings. The van der Waals surface area contributed by atoms with Crippen LogP contribution >= 0.6 is 23.7 Å². The van der Waals surface area contributed by atoms with Gasteiger partial charge in [-0.05, 0) is 33.2 Å². The van der Waals surface area contributed by atoms with Gasteiger partial charge in [-0.15, -0.1) is 23.7 Å². The van der Waals surface area contributed by atoms with Crippen LogP contribution in [-0.4, -0.2) is 42.0 Å². The Hall–Kier alpha value is -0.650. The van der Waals surface area contributed by atoms with Crippen LogP contribution in [0.5, 0.6) is 0 Å². The number of thiazole rings is 1. The Morgan fingerprint density at radius 3 is 2.89 bits per heavy atom. The molecule has 0 aliphatic carbocycles. The zero-order valence-corrected chi connectivity index (χ0v) is 13.4. The minimum Gasteiger partial charge on any atom is -0.336 e. The van der Waals surface area contributed by atoms with E-state index in [1.807, 2.05) is 18.9 Å². The normalized spacial score (nSPS) is 19.1. The molecule has 1 aliphatic heterocycles. The van der Waals surface area contributed by atoms with Crippen LogP contribution in [0.15, 0.2) is 0 Å². The molecule has 0 aromatic carbocycles. The van der Waals surface area contributed by atoms with Crippen molar-refractivity contribution in [3.8, 4) is 0 Å². The second kappa shape index (κ2) is 7.22. The molecule has 1 aromatic heterocycles. The summed E-state index contributed by atoms with van der Waals surface area (Å²) in [7, 11) is 1.96. The van der Waals surface area contributed by atoms with Crippen LogP contribution in [0.3, 0.4) is 0 Å². The van der Waals surface area contributed by atoms with E-state index in [9.17, 15) is 4.79 Å². The molecule has 1 aliphatic rings. The predicted molar refractivity (Wildman–Crippen MR) is 81.5 cm³/mol. The number of likely N-dealkylation sites (tertiary alicyclic amines) is 1. The van der Waals surface area contributed by atoms with Crippen molar-refractivity contribution < 1.29 is 4.79 Å². The number of nitrogens with one attached hydrogen (secondary N) is 1. The zero-order valence-electron chi connectivity index (χ0n) is 11.7. The van der Waals surface area contributed by atoms with Gasteiger partial charge in [0.25, 0.3) is 5.91 Å². The summed E-state index contributed by atoms with van der Waals surface area (Å²) >= 11 is 1.55. The van der Waals surface area contributed by atoms with Gasteiger partial charge in [0.2, 0.25) is 0 Å². The fraction of sp³-hybridized carbons (Fsp3) is 0.692. The van der Waals surface area contributed by atoms with Crippen molar-refractivity contribution in [2.24, 2.45) is 0 Å². The summed E-state index contributed by atoms with van der Waals surface area (Å²) in [4.78, 5) is 19.7. The van der Waals surface area contributed by atoms with Gasteiger partial charge in [0.05, 0.1) is 10.7 Å². The Balaban J connectivity index is 0.00000180. The third-order valence-corrected chi connectivity index (χ3v) is 4.74. The fourth-order valence-corrected chi connectivity index (χ4v) is 3.32. The minimum atomic E-state index is 0. The van der Waals surface area contributed by atoms with Gasteiger partial charge >= 0.3 is 0 Å². The van der Waals surface area contributed by atoms with Crippen LogP contribution < -0.4 is 5.32 Å². The van der Waals surface area contributed by atoms with E-state index in [4.69, 9.17) is 0 Å². The number of piperidine rings is 1. The summed E-state index contributed by atoms with van der Waals surface area (Å²) in [5.41, 5.74) is 0.883. The summed E-state index contributed by atoms with van der Waals surface area (Å²) in [6.07, 6.45) is 3.13. The molecule has 1 atom stereocenters. The Kier molecular flexibility index (Phi) is 6.23. The number of aromatic nitrogens is 1. The Morgan fingerprint density at radius 1 is 1.58 bits per heavy atom. The van der Waals surface area contributed by atoms with E-state index in [0.717, 1.165) is 47.9 Å². The van der Waals surface area contributed by atoms with Crippen LogP contribution in [0, 0.1) is 6.92 Å². The molecule has 6 heteroatoms. The quantitative estimate of drug-likeness (QED) is 0.931. The SMILES string of the molecule is CCc1nc(C)c(C(=O)N2CCCC(NC)C2)s1.Cl. The maximum absolute atomic E-state index is 12.5. The number of rotatable bonds is 3. The van der Waals surface area contributed by atoms with Crippen molar-refractivity contribution >= 4 is 29.7 Å². The molecule has 19 heavy (non-hydrogen) atoms. The van der Waals surface area contributed by atoms with Crippen molar-refractivity contribution in [1.82, 2.24) is 15.2 Å². The van der Waals surface area contributed by atoms with Crippen molar-refractivity contribution in [3.05, 3.63) is 15.6 Å². The summed E-state index contributed by atoms with van der Waals surface area (Å²) in [6, 6.07) is 0.432. The van der Waals surface area contributed by atoms with Crippen LogP contribution in [0.4, 0.5) is 0 Å². The molecule has 2 rings (SSSR count). The molecule has 0 spiro atoms. The van der Waals surface area contributed by atoms with Gasteiger partial charge in [-0.1, -0.05) is 6.92 Å². The van der Waals surface area contributed by atoms with E-state index < -0.39 is 0 Å². The lowest BCUT2D eigenvalue weighted by atomic mass is 10.1. The average molecular weight is 304 g/mol. The predicted octanol–water partition coefficient (Wildman–Crippen LogP) is 2.26. The Labute approximate surface area is 125 Å². The topological polar surface area (TPSA) is 45.2 Å². The van der Waals surface area contributed by atoms with Crippen LogP contribution in [0.2, 0.25) is 0 Å². The fourth-order valence-electron chi connectivity index (χ4n) is 2.34. The lowest BCUT2D eigenvalue weighted by Gasteiger charge is -2.32. The Morgan fingerprint density at radius 2 is 2.32 bits per heavy atom. The number of carbonyl (C=O) groups is 1. The van der Waals surface area contributed by atoms with Gasteiger partial charge < -0.3 is 10.2 Å². The molecule has 1 unspecified atom stereocenters. The highest BCUT2D eigenvalue weighted by Gasteiger charge is 2.26. The number of likely N-dealkylation sites (N-methyl/N-ethyl adjacent to an activating group) is 1. The first-order valence-corrected chi connectivity index (χ1v) is 7.40. The second-order valence-corrected chi connectivity index (χ2v) is 5.84. The third kappa shape index (κ3) is 3.68. The first-order valence-electron chi connectivity index (χ1n) is 6.58. The number of amides is 1. The van der Waals surface area contributed by atoms with Crippen LogP contribution in [0.25, 0.3) is 0 Å². The van der Waals surface area contributed by atoms with Gasteiger partial charge in [0, 0.05) is 19.1 Å². The van der Waals surface area contributed by atoms with Crippen molar-refractivity contribution in [1.29, 1.82) is 0 Å². The molecule has 0 radical (unpaired) electrons. The maximum Gasteiger partial charge on any atom is 0.265 e. The molecule has 1 saturated heterocycles. The maximum atomic E-state index is 12.5. The number of nitrogens with zero attached hydrogens (tertiary/aromatic N) is 2. The first kappa shape index (κ1) is 16.4. The van der Waals surface area contributed by atoms with Gasteiger partial charge in [-0.2, -0.15) is 0 Å². The number of carbonyl (C=O) groups excluding carboxylic acids is 1. The summed E-state index contributed by atoms with van der Waals surface area (Å²) in [5, 5.41) is 4.32. The van der Waals surface area contributed by atoms with E-state index in [1.54, 1.807) is 11.3 Å². The van der Waals surface area contributed by atoms with Crippen molar-refractivity contribution in [3.63, 3.8) is 0 Å². The molecule has 1 N–H and O–H groups in total. The molecule has 4 nitrogen and oxygen atoms in total. The zero-order chi connectivity index (χ0) is 13.1. The van der Waals surface area contributed by atoms with E-state index >= 15 is 0 Å². The molecular formula is C13H22ClN3OS. The van der Waals surface area contributed by atoms with Crippen molar-refractivity contribution in [2.45, 2.75) is 39.2 Å². The lowest BCUT2D eigenvalue weighted by Crippen LogP contribution is -2.46. The number of aryl methyl sites for hydroxylation is 2. The second-order valence-electron chi connectivity index (χ2n) is 4.75. The highest BCUT2D eigenvalue weighted by atomic mass is 35.5. The Bertz CT molecular complexity index is 436. The highest BCUT2D eigenvalue weighted by Crippen LogP contribution is 2.22. The van der Waals surface area contributed by atoms with Gasteiger partial charge in [0.1, 0.15) is 4.88 Å². The standard InChI is InChI=1S/C13H21N3OS.ClH/c1-4-11-15-9(2)12(18-11)13(17)16-7-5-6-10(8-16)14-3;/h10,14H,4-8H2,1-3H3;1H. The van der Waals surface area contributed by atoms with E-state index in [2.05, 4.69) is 17.2 Å². The number of hydrogen-bond donors (Lipinski definition) is 1. The van der Waals surface area contributed by atoms with Gasteiger partial charge in [-0.3, -0.25) is 4.79 Å². The minimum absolute atomic E-state index is 0. The van der Waals surface area contributed by atoms with Crippen LogP contribution in [-0.2, 0) is 6.42 Å². The monoisotopic (exact) mass is 303 g/mol. The van der Waals surface area contributed by atoms with Gasteiger partial charge in [0.15, 0.2) is 0 Å². The van der Waals surface area contributed by atoms with Crippen LogP contribution in [0.1, 0.15) is 40.1 Å². The molecule has 0 bridgehead atoms. The molecular weight excluding hydrogens is 282 g/mol. The summed E-state index contributed by atoms with van der Waals surface area (Å²) < 4.78 is 0. The van der Waals surface area contributed by atoms with Crippen molar-refractivity contribution in [2.75, 3.05) is 20.1 Å². The third-order valence-electron chi connectivity index (χ3n) is 3.45. The molecule has 1 fully saturated rings. The number of hydrogen-bond acceptors (Lipinski definition) is 4. The molecule has 2 heterocycles. The smallest absolute Gasteiger partial charge is 0.265 e. The highest BCUT2D eigenvalue weighted by molar-refractivity contribution is 7.13. The lowest BCUT2D eigenvalue weighted by molar-refractivity contribution is 0.0702. The van der Waals surface area contributed by atoms with E-state index in [1.165, 1.54) is 0 Å². The van der Waals surface area contributed by atoms with Gasteiger partial charge in [-0.25, -0.2) is 4.98 Å². The molecule has 108 valence electrons. The molecule has 1 amide bonds. The average Bonchev–Trinajstić information content (AvgIpc) is 2.79. The van der Waals surface area contributed by atoms with E-state index in [-0.39, 0.29) is 18.3 Å². The van der Waals surface area contributed by atoms with E-state index in [0.29, 0.717) is 6.04 Å². The largest absolute Gasteiger partial charge is 0.336 e. The molecule has 0 saturated carbocycles.